The lowest BCUT2D eigenvalue weighted by Gasteiger charge is -2.09. The molecule has 0 saturated heterocycles. The topological polar surface area (TPSA) is 29.1 Å². The van der Waals surface area contributed by atoms with E-state index >= 15 is 0 Å². The van der Waals surface area contributed by atoms with Gasteiger partial charge in [-0.2, -0.15) is 0 Å². The van der Waals surface area contributed by atoms with Gasteiger partial charge in [-0.05, 0) is 35.2 Å². The number of rotatable bonds is 2. The molecule has 0 amide bonds. The Bertz CT molecular complexity index is 925. The van der Waals surface area contributed by atoms with Crippen LogP contribution in [0.4, 0.5) is 5.69 Å². The Hall–Kier alpha value is -3.13. The Morgan fingerprint density at radius 1 is 0.708 bits per heavy atom. The fraction of sp³-hybridized carbons (Fsp3) is 0.0455. The van der Waals surface area contributed by atoms with Gasteiger partial charge in [0.25, 0.3) is 0 Å². The number of fused-ring (bicyclic) bond motifs is 2. The van der Waals surface area contributed by atoms with Gasteiger partial charge < -0.3 is 5.32 Å². The van der Waals surface area contributed by atoms with Crippen LogP contribution in [0.3, 0.4) is 0 Å². The third-order valence-electron chi connectivity index (χ3n) is 4.35. The van der Waals surface area contributed by atoms with Crippen molar-refractivity contribution in [1.29, 1.82) is 0 Å². The number of Topliss-reactive ketones (excluding diaryl/α,β-unsaturated/α-hetero) is 1. The van der Waals surface area contributed by atoms with E-state index in [9.17, 15) is 4.79 Å². The van der Waals surface area contributed by atoms with E-state index in [1.54, 1.807) is 0 Å². The van der Waals surface area contributed by atoms with E-state index in [4.69, 9.17) is 0 Å². The first-order valence-electron chi connectivity index (χ1n) is 8.05. The minimum Gasteiger partial charge on any atom is -0.361 e. The molecular formula is C22H17NO. The summed E-state index contributed by atoms with van der Waals surface area (Å²) in [6, 6.07) is 25.9. The lowest BCUT2D eigenvalue weighted by atomic mass is 9.97. The smallest absolute Gasteiger partial charge is 0.195 e. The molecule has 0 aliphatic heterocycles. The summed E-state index contributed by atoms with van der Waals surface area (Å²) in [7, 11) is 0. The minimum atomic E-state index is 0.0685. The highest BCUT2D eigenvalue weighted by molar-refractivity contribution is 6.30. The Balaban J connectivity index is 1.83. The van der Waals surface area contributed by atoms with Crippen LogP contribution in [-0.2, 0) is 6.42 Å². The molecule has 0 saturated carbocycles. The summed E-state index contributed by atoms with van der Waals surface area (Å²) >= 11 is 0. The molecule has 0 bridgehead atoms. The van der Waals surface area contributed by atoms with Crippen molar-refractivity contribution in [1.82, 2.24) is 0 Å². The van der Waals surface area contributed by atoms with Gasteiger partial charge in [-0.1, -0.05) is 66.7 Å². The molecule has 4 rings (SSSR count). The van der Waals surface area contributed by atoms with Gasteiger partial charge in [0.05, 0.1) is 0 Å². The summed E-state index contributed by atoms with van der Waals surface area (Å²) in [5.74, 6) is 0.0685. The van der Waals surface area contributed by atoms with E-state index in [0.717, 1.165) is 28.8 Å². The maximum atomic E-state index is 13.1. The van der Waals surface area contributed by atoms with Gasteiger partial charge in [-0.25, -0.2) is 0 Å². The van der Waals surface area contributed by atoms with Crippen LogP contribution in [-0.4, -0.2) is 5.78 Å². The second-order valence-corrected chi connectivity index (χ2v) is 5.89. The van der Waals surface area contributed by atoms with Crippen LogP contribution in [0.15, 0.2) is 85.1 Å². The van der Waals surface area contributed by atoms with E-state index in [-0.39, 0.29) is 5.78 Å². The zero-order chi connectivity index (χ0) is 16.4. The molecule has 0 aromatic heterocycles. The number of anilines is 1. The molecule has 2 nitrogen and oxygen atoms in total. The number of hydrogen-bond acceptors (Lipinski definition) is 2. The first-order chi connectivity index (χ1) is 11.8. The van der Waals surface area contributed by atoms with Crippen LogP contribution in [0, 0.1) is 0 Å². The number of carbonyl (C=O) groups excluding carboxylic acids is 1. The van der Waals surface area contributed by atoms with Gasteiger partial charge in [-0.15, -0.1) is 0 Å². The van der Waals surface area contributed by atoms with Crippen LogP contribution >= 0.6 is 0 Å². The van der Waals surface area contributed by atoms with Crippen molar-refractivity contribution >= 4 is 17.0 Å². The van der Waals surface area contributed by atoms with Gasteiger partial charge in [0.1, 0.15) is 0 Å². The third-order valence-corrected chi connectivity index (χ3v) is 4.35. The second kappa shape index (κ2) is 6.17. The standard InChI is InChI=1S/C22H17NO/c24-22-20-13-7-5-9-17(20)14-16-8-4-6-12-19(16)21(22)15-23-18-10-2-1-3-11-18/h1-13,15,23H,14H2/b21-15+. The number of allylic oxidation sites excluding steroid dienone is 1. The van der Waals surface area contributed by atoms with E-state index in [2.05, 4.69) is 11.4 Å². The summed E-state index contributed by atoms with van der Waals surface area (Å²) in [5.41, 5.74) is 5.72. The van der Waals surface area contributed by atoms with Crippen LogP contribution in [0.2, 0.25) is 0 Å². The number of ketones is 1. The molecule has 3 aromatic rings. The first-order valence-corrected chi connectivity index (χ1v) is 8.05. The Labute approximate surface area is 141 Å². The molecule has 0 fully saturated rings. The molecule has 0 heterocycles. The molecule has 0 unspecified atom stereocenters. The summed E-state index contributed by atoms with van der Waals surface area (Å²) < 4.78 is 0. The summed E-state index contributed by atoms with van der Waals surface area (Å²) in [6.07, 6.45) is 2.61. The maximum Gasteiger partial charge on any atom is 0.195 e. The van der Waals surface area contributed by atoms with Gasteiger partial charge in [-0.3, -0.25) is 4.79 Å². The van der Waals surface area contributed by atoms with E-state index in [1.807, 2.05) is 79.0 Å². The van der Waals surface area contributed by atoms with E-state index in [1.165, 1.54) is 5.56 Å². The minimum absolute atomic E-state index is 0.0685. The number of carbonyl (C=O) groups is 1. The number of nitrogens with one attached hydrogen (secondary N) is 1. The molecule has 0 atom stereocenters. The fourth-order valence-electron chi connectivity index (χ4n) is 3.14. The fourth-order valence-corrected chi connectivity index (χ4v) is 3.14. The lowest BCUT2D eigenvalue weighted by molar-refractivity contribution is 0.105. The average molecular weight is 311 g/mol. The molecule has 1 aliphatic carbocycles. The highest BCUT2D eigenvalue weighted by Crippen LogP contribution is 2.31. The predicted molar refractivity (Wildman–Crippen MR) is 98.1 cm³/mol. The number of benzene rings is 3. The predicted octanol–water partition coefficient (Wildman–Crippen LogP) is 4.93. The van der Waals surface area contributed by atoms with Crippen molar-refractivity contribution in [2.45, 2.75) is 6.42 Å². The summed E-state index contributed by atoms with van der Waals surface area (Å²) in [4.78, 5) is 13.1. The molecule has 24 heavy (non-hydrogen) atoms. The van der Waals surface area contributed by atoms with Gasteiger partial charge in [0.2, 0.25) is 0 Å². The molecule has 2 heteroatoms. The third kappa shape index (κ3) is 2.63. The van der Waals surface area contributed by atoms with Crippen LogP contribution in [0.5, 0.6) is 0 Å². The highest BCUT2D eigenvalue weighted by atomic mass is 16.1. The van der Waals surface area contributed by atoms with E-state index in [0.29, 0.717) is 5.57 Å². The maximum absolute atomic E-state index is 13.1. The zero-order valence-corrected chi connectivity index (χ0v) is 13.2. The summed E-state index contributed by atoms with van der Waals surface area (Å²) in [5, 5.41) is 3.26. The molecule has 116 valence electrons. The summed E-state index contributed by atoms with van der Waals surface area (Å²) in [6.45, 7) is 0. The average Bonchev–Trinajstić information content (AvgIpc) is 2.75. The van der Waals surface area contributed by atoms with Gasteiger partial charge >= 0.3 is 0 Å². The molecule has 0 spiro atoms. The molecule has 0 radical (unpaired) electrons. The van der Waals surface area contributed by atoms with Crippen molar-refractivity contribution < 1.29 is 4.79 Å². The van der Waals surface area contributed by atoms with Crippen LogP contribution in [0.1, 0.15) is 27.0 Å². The van der Waals surface area contributed by atoms with Gasteiger partial charge in [0, 0.05) is 23.0 Å². The normalized spacial score (nSPS) is 14.7. The second-order valence-electron chi connectivity index (χ2n) is 5.89. The van der Waals surface area contributed by atoms with Crippen molar-refractivity contribution in [3.05, 3.63) is 107 Å². The van der Waals surface area contributed by atoms with E-state index < -0.39 is 0 Å². The number of para-hydroxylation sites is 1. The van der Waals surface area contributed by atoms with Crippen LogP contribution < -0.4 is 5.32 Å². The molecule has 1 N–H and O–H groups in total. The van der Waals surface area contributed by atoms with Crippen molar-refractivity contribution in [3.63, 3.8) is 0 Å². The van der Waals surface area contributed by atoms with Crippen molar-refractivity contribution in [2.24, 2.45) is 0 Å². The first kappa shape index (κ1) is 14.5. The Morgan fingerprint density at radius 2 is 1.29 bits per heavy atom. The zero-order valence-electron chi connectivity index (χ0n) is 13.2. The SMILES string of the molecule is O=C1/C(=C/Nc2ccccc2)c2ccccc2Cc2ccccc21. The van der Waals surface area contributed by atoms with Crippen LogP contribution in [0.25, 0.3) is 5.57 Å². The van der Waals surface area contributed by atoms with Crippen molar-refractivity contribution in [3.8, 4) is 0 Å². The Morgan fingerprint density at radius 3 is 2.04 bits per heavy atom. The van der Waals surface area contributed by atoms with Crippen molar-refractivity contribution in [2.75, 3.05) is 5.32 Å². The highest BCUT2D eigenvalue weighted by Gasteiger charge is 2.23. The molecule has 3 aromatic carbocycles. The quantitative estimate of drug-likeness (QED) is 0.680. The van der Waals surface area contributed by atoms with Gasteiger partial charge in [0.15, 0.2) is 5.78 Å². The monoisotopic (exact) mass is 311 g/mol. The largest absolute Gasteiger partial charge is 0.361 e. The Kier molecular flexibility index (Phi) is 3.72. The lowest BCUT2D eigenvalue weighted by Crippen LogP contribution is -2.05. The number of hydrogen-bond donors (Lipinski definition) is 1. The molecule has 1 aliphatic rings. The molecular weight excluding hydrogens is 294 g/mol.